The van der Waals surface area contributed by atoms with Gasteiger partial charge in [-0.15, -0.1) is 0 Å². The Morgan fingerprint density at radius 2 is 1.83 bits per heavy atom. The van der Waals surface area contributed by atoms with E-state index in [0.717, 1.165) is 18.8 Å². The summed E-state index contributed by atoms with van der Waals surface area (Å²) in [5.41, 5.74) is 6.40. The minimum absolute atomic E-state index is 0.555. The fourth-order valence-corrected chi connectivity index (χ4v) is 3.42. The van der Waals surface area contributed by atoms with Crippen molar-refractivity contribution in [2.75, 3.05) is 7.05 Å². The van der Waals surface area contributed by atoms with Crippen LogP contribution in [0.25, 0.3) is 0 Å². The van der Waals surface area contributed by atoms with E-state index < -0.39 is 0 Å². The van der Waals surface area contributed by atoms with Gasteiger partial charge in [0, 0.05) is 6.04 Å². The van der Waals surface area contributed by atoms with Crippen LogP contribution in [-0.4, -0.2) is 7.05 Å². The number of hydrogen-bond donors (Lipinski definition) is 1. The van der Waals surface area contributed by atoms with Crippen LogP contribution in [0, 0.1) is 5.92 Å². The summed E-state index contributed by atoms with van der Waals surface area (Å²) in [5, 5.41) is 3.56. The predicted octanol–water partition coefficient (Wildman–Crippen LogP) is 4.04. The van der Waals surface area contributed by atoms with Crippen molar-refractivity contribution in [3.05, 3.63) is 34.4 Å². The van der Waals surface area contributed by atoms with Crippen molar-refractivity contribution in [2.24, 2.45) is 5.92 Å². The van der Waals surface area contributed by atoms with Gasteiger partial charge in [-0.2, -0.15) is 0 Å². The third kappa shape index (κ3) is 2.47. The third-order valence-corrected chi connectivity index (χ3v) is 4.53. The lowest BCUT2D eigenvalue weighted by Gasteiger charge is -2.23. The van der Waals surface area contributed by atoms with E-state index in [1.165, 1.54) is 19.3 Å². The molecule has 2 atom stereocenters. The van der Waals surface area contributed by atoms with Gasteiger partial charge < -0.3 is 5.32 Å². The molecule has 0 saturated carbocycles. The van der Waals surface area contributed by atoms with Gasteiger partial charge >= 0.3 is 0 Å². The molecule has 0 amide bonds. The van der Waals surface area contributed by atoms with Gasteiger partial charge in [-0.1, -0.05) is 32.9 Å². The highest BCUT2D eigenvalue weighted by Crippen LogP contribution is 2.36. The second-order valence-corrected chi connectivity index (χ2v) is 5.70. The fraction of sp³-hybridized carbons (Fsp3) is 0.647. The monoisotopic (exact) mass is 245 g/mol. The van der Waals surface area contributed by atoms with Crippen LogP contribution in [0.1, 0.15) is 61.9 Å². The first kappa shape index (κ1) is 13.6. The molecule has 1 aromatic carbocycles. The summed E-state index contributed by atoms with van der Waals surface area (Å²) < 4.78 is 0. The van der Waals surface area contributed by atoms with Crippen LogP contribution in [0.3, 0.4) is 0 Å². The topological polar surface area (TPSA) is 12.0 Å². The van der Waals surface area contributed by atoms with E-state index in [1.807, 2.05) is 0 Å². The van der Waals surface area contributed by atoms with Gasteiger partial charge in [0.1, 0.15) is 0 Å². The number of nitrogens with one attached hydrogen (secondary N) is 1. The smallest absolute Gasteiger partial charge is 0.0325 e. The van der Waals surface area contributed by atoms with Gasteiger partial charge in [-0.3, -0.25) is 0 Å². The number of benzene rings is 1. The Hall–Kier alpha value is -0.820. The van der Waals surface area contributed by atoms with Gasteiger partial charge in [0.25, 0.3) is 0 Å². The van der Waals surface area contributed by atoms with Gasteiger partial charge in [-0.05, 0) is 67.3 Å². The van der Waals surface area contributed by atoms with E-state index in [1.54, 1.807) is 22.3 Å². The molecule has 0 spiro atoms. The summed E-state index contributed by atoms with van der Waals surface area (Å²) in [6.07, 6.45) is 6.21. The average Bonchev–Trinajstić information content (AvgIpc) is 2.57. The van der Waals surface area contributed by atoms with E-state index >= 15 is 0 Å². The SMILES string of the molecule is CCc1ccc(CC)c2c1CCC(C)CC2NC. The molecule has 100 valence electrons. The van der Waals surface area contributed by atoms with Gasteiger partial charge in [0.05, 0.1) is 0 Å². The van der Waals surface area contributed by atoms with Crippen molar-refractivity contribution in [3.8, 4) is 0 Å². The minimum atomic E-state index is 0.555. The average molecular weight is 245 g/mol. The summed E-state index contributed by atoms with van der Waals surface area (Å²) in [6, 6.07) is 5.28. The second-order valence-electron chi connectivity index (χ2n) is 5.70. The van der Waals surface area contributed by atoms with Crippen LogP contribution in [0.5, 0.6) is 0 Å². The van der Waals surface area contributed by atoms with Crippen LogP contribution in [0.4, 0.5) is 0 Å². The van der Waals surface area contributed by atoms with Crippen LogP contribution >= 0.6 is 0 Å². The zero-order valence-corrected chi connectivity index (χ0v) is 12.3. The van der Waals surface area contributed by atoms with Crippen LogP contribution in [-0.2, 0) is 19.3 Å². The molecule has 1 N–H and O–H groups in total. The quantitative estimate of drug-likeness (QED) is 0.792. The molecule has 0 aliphatic heterocycles. The molecule has 1 aliphatic rings. The van der Waals surface area contributed by atoms with Crippen molar-refractivity contribution >= 4 is 0 Å². The molecule has 2 rings (SSSR count). The first-order valence-electron chi connectivity index (χ1n) is 7.52. The number of fused-ring (bicyclic) bond motifs is 1. The van der Waals surface area contributed by atoms with E-state index in [4.69, 9.17) is 0 Å². The summed E-state index contributed by atoms with van der Waals surface area (Å²) in [5.74, 6) is 0.823. The van der Waals surface area contributed by atoms with E-state index in [0.29, 0.717) is 6.04 Å². The first-order chi connectivity index (χ1) is 8.71. The highest BCUT2D eigenvalue weighted by atomic mass is 14.9. The second kappa shape index (κ2) is 5.88. The van der Waals surface area contributed by atoms with Gasteiger partial charge in [-0.25, -0.2) is 0 Å². The lowest BCUT2D eigenvalue weighted by molar-refractivity contribution is 0.426. The lowest BCUT2D eigenvalue weighted by Crippen LogP contribution is -2.20. The minimum Gasteiger partial charge on any atom is -0.313 e. The number of hydrogen-bond acceptors (Lipinski definition) is 1. The molecule has 1 heteroatoms. The maximum Gasteiger partial charge on any atom is 0.0325 e. The number of aryl methyl sites for hydroxylation is 2. The van der Waals surface area contributed by atoms with E-state index in [2.05, 4.69) is 45.3 Å². The van der Waals surface area contributed by atoms with Crippen molar-refractivity contribution < 1.29 is 0 Å². The van der Waals surface area contributed by atoms with Crippen molar-refractivity contribution in [2.45, 2.75) is 58.9 Å². The molecule has 0 aromatic heterocycles. The van der Waals surface area contributed by atoms with E-state index in [9.17, 15) is 0 Å². The highest BCUT2D eigenvalue weighted by molar-refractivity contribution is 5.44. The standard InChI is InChI=1S/C17H27N/c1-5-13-8-9-14(6-2)17-15(13)10-7-12(3)11-16(17)18-4/h8-9,12,16,18H,5-7,10-11H2,1-4H3. The molecule has 0 radical (unpaired) electrons. The molecular weight excluding hydrogens is 218 g/mol. The Balaban J connectivity index is 2.55. The Bertz CT molecular complexity index is 408. The summed E-state index contributed by atoms with van der Waals surface area (Å²) in [4.78, 5) is 0. The van der Waals surface area contributed by atoms with E-state index in [-0.39, 0.29) is 0 Å². The molecule has 0 bridgehead atoms. The maximum atomic E-state index is 3.56. The molecule has 18 heavy (non-hydrogen) atoms. The van der Waals surface area contributed by atoms with Gasteiger partial charge in [0.15, 0.2) is 0 Å². The fourth-order valence-electron chi connectivity index (χ4n) is 3.42. The lowest BCUT2D eigenvalue weighted by atomic mass is 9.88. The van der Waals surface area contributed by atoms with Crippen LogP contribution in [0.15, 0.2) is 12.1 Å². The van der Waals surface area contributed by atoms with Crippen molar-refractivity contribution in [1.29, 1.82) is 0 Å². The van der Waals surface area contributed by atoms with Gasteiger partial charge in [0.2, 0.25) is 0 Å². The Morgan fingerprint density at radius 1 is 1.17 bits per heavy atom. The first-order valence-corrected chi connectivity index (χ1v) is 7.52. The Morgan fingerprint density at radius 3 is 2.44 bits per heavy atom. The maximum absolute atomic E-state index is 3.56. The molecule has 0 heterocycles. The zero-order valence-electron chi connectivity index (χ0n) is 12.3. The van der Waals surface area contributed by atoms with Crippen molar-refractivity contribution in [1.82, 2.24) is 5.32 Å². The summed E-state index contributed by atoms with van der Waals surface area (Å²) >= 11 is 0. The molecule has 1 aliphatic carbocycles. The van der Waals surface area contributed by atoms with Crippen LogP contribution in [0.2, 0.25) is 0 Å². The zero-order chi connectivity index (χ0) is 13.1. The number of rotatable bonds is 3. The van der Waals surface area contributed by atoms with Crippen molar-refractivity contribution in [3.63, 3.8) is 0 Å². The van der Waals surface area contributed by atoms with Crippen LogP contribution < -0.4 is 5.32 Å². The predicted molar refractivity (Wildman–Crippen MR) is 79.1 cm³/mol. The summed E-state index contributed by atoms with van der Waals surface area (Å²) in [6.45, 7) is 6.96. The molecule has 0 fully saturated rings. The third-order valence-electron chi connectivity index (χ3n) is 4.53. The largest absolute Gasteiger partial charge is 0.313 e. The highest BCUT2D eigenvalue weighted by Gasteiger charge is 2.24. The molecular formula is C17H27N. The summed E-state index contributed by atoms with van der Waals surface area (Å²) in [7, 11) is 2.12. The molecule has 0 saturated heterocycles. The normalized spacial score (nSPS) is 23.6. The molecule has 1 nitrogen and oxygen atoms in total. The molecule has 2 unspecified atom stereocenters. The Labute approximate surface area is 112 Å². The Kier molecular flexibility index (Phi) is 4.45. The molecule has 1 aromatic rings.